The number of carbonyl (C=O) groups is 1. The predicted octanol–water partition coefficient (Wildman–Crippen LogP) is 15.0. The SMILES string of the molecule is CCOC(=O)c1ccc2c(c(/C=C/c3cccc(F)c3)nn2C)c1OC.CNCc1nc(-c2cc(F)c3n[nH]c(/C=C/c4ccc(F)cc4)c3c2)n[nH]1.Cc1nc(-c2cc(F)c3n[nH]c(/C=C/c4ccc(F)cc4)c3c2)n[nH]1.OCc1nc(-c2cc(F)c3n[nH]c(/C=C/c4ccc(F)cc4)c3c2)n[nH]1. The third-order valence-corrected chi connectivity index (χ3v) is 15.8. The van der Waals surface area contributed by atoms with Crippen LogP contribution < -0.4 is 10.1 Å². The summed E-state index contributed by atoms with van der Waals surface area (Å²) < 4.78 is 108. The monoisotopic (exact) mass is 1410 g/mol. The topological polar surface area (TPSA) is 296 Å². The molecule has 7 aromatic heterocycles. The van der Waals surface area contributed by atoms with Gasteiger partial charge in [0, 0.05) is 39.9 Å². The first-order valence-electron chi connectivity index (χ1n) is 31.9. The molecule has 0 atom stereocenters. The van der Waals surface area contributed by atoms with Crippen molar-refractivity contribution >= 4 is 98.2 Å². The second kappa shape index (κ2) is 31.9. The second-order valence-corrected chi connectivity index (χ2v) is 22.9. The summed E-state index contributed by atoms with van der Waals surface area (Å²) in [6.07, 6.45) is 14.2. The van der Waals surface area contributed by atoms with Gasteiger partial charge in [0.1, 0.15) is 69.4 Å². The first-order chi connectivity index (χ1) is 50.4. The van der Waals surface area contributed by atoms with E-state index in [2.05, 4.69) is 86.6 Å². The number of aliphatic hydroxyl groups excluding tert-OH is 1. The van der Waals surface area contributed by atoms with Crippen molar-refractivity contribution in [2.75, 3.05) is 20.8 Å². The van der Waals surface area contributed by atoms with Gasteiger partial charge in [-0.15, -0.1) is 0 Å². The van der Waals surface area contributed by atoms with Gasteiger partial charge >= 0.3 is 5.97 Å². The second-order valence-electron chi connectivity index (χ2n) is 22.9. The Hall–Kier alpha value is -13.3. The number of ether oxygens (including phenoxy) is 2. The van der Waals surface area contributed by atoms with Gasteiger partial charge in [-0.2, -0.15) is 35.7 Å². The summed E-state index contributed by atoms with van der Waals surface area (Å²) in [5, 5.41) is 59.9. The number of hydrogen-bond acceptors (Lipinski definition) is 15. The Labute approximate surface area is 586 Å². The molecule has 7 heterocycles. The number of rotatable bonds is 17. The van der Waals surface area contributed by atoms with E-state index < -0.39 is 23.4 Å². The summed E-state index contributed by atoms with van der Waals surface area (Å²) >= 11 is 0. The molecule has 0 spiro atoms. The van der Waals surface area contributed by atoms with Crippen LogP contribution in [0.5, 0.6) is 5.75 Å². The van der Waals surface area contributed by atoms with Crippen LogP contribution in [0.15, 0.2) is 146 Å². The van der Waals surface area contributed by atoms with Crippen LogP contribution in [0.25, 0.3) is 126 Å². The number of fused-ring (bicyclic) bond motifs is 4. The molecule has 0 aliphatic heterocycles. The average molecular weight is 1410 g/mol. The number of aryl methyl sites for hydroxylation is 2. The Kier molecular flexibility index (Phi) is 21.7. The molecule has 0 fully saturated rings. The third kappa shape index (κ3) is 16.4. The molecule has 8 N–H and O–H groups in total. The number of carbonyl (C=O) groups excluding carboxylic acids is 1. The maximum Gasteiger partial charge on any atom is 0.341 e. The van der Waals surface area contributed by atoms with Gasteiger partial charge < -0.3 is 19.9 Å². The van der Waals surface area contributed by atoms with Gasteiger partial charge in [0.2, 0.25) is 0 Å². The highest BCUT2D eigenvalue weighted by molar-refractivity contribution is 6.04. The van der Waals surface area contributed by atoms with Gasteiger partial charge in [-0.3, -0.25) is 35.3 Å². The number of methoxy groups -OCH3 is 1. The zero-order valence-corrected chi connectivity index (χ0v) is 55.8. The number of nitrogens with zero attached hydrogens (tertiary/aromatic N) is 11. The third-order valence-electron chi connectivity index (χ3n) is 15.8. The van der Waals surface area contributed by atoms with Crippen LogP contribution in [-0.4, -0.2) is 118 Å². The van der Waals surface area contributed by atoms with Crippen LogP contribution in [0.4, 0.5) is 30.7 Å². The standard InChI is InChI=1S/C20H19FN2O3.C19H16F2N6.C18H13F2N5O.C18H13F2N5/c1-4-26-20(24)15-9-11-17-18(19(15)25-3)16(22-23(17)2)10-8-13-6-5-7-14(21)12-13;1-22-10-17-23-19(27-25-17)12-8-14-16(24-26-18(14)15(21)9-12)7-4-11-2-5-13(20)6-3-11;19-12-4-1-10(2-5-12)3-6-15-13-7-11(8-14(20)17(13)24-22-15)18-21-16(9-26)23-25-18;1-10-21-18(25-22-10)12-8-14-16(23-24-17(14)15(20)9-12)7-4-11-2-5-13(19)6-3-11/h5-12H,4H2,1-3H3;2-9,22H,10H2,1H3,(H,24,26)(H,23,25,27);1-8,26H,9H2,(H,22,24)(H,21,23,25);2-9H,1H3,(H,23,24)(H,21,22,25)/b10-8+;7-4+;6-3+;7-4+. The Bertz CT molecular complexity index is 5670. The Morgan fingerprint density at radius 2 is 0.962 bits per heavy atom. The molecule has 15 rings (SSSR count). The summed E-state index contributed by atoms with van der Waals surface area (Å²) in [5.41, 5.74) is 9.08. The minimum absolute atomic E-state index is 0.199. The number of aromatic amines is 6. The molecule has 0 saturated carbocycles. The summed E-state index contributed by atoms with van der Waals surface area (Å²) in [5.74, 6) is 0.0666. The molecular weight excluding hydrogens is 1350 g/mol. The van der Waals surface area contributed by atoms with Crippen molar-refractivity contribution in [1.82, 2.24) is 91.2 Å². The zero-order valence-electron chi connectivity index (χ0n) is 55.8. The lowest BCUT2D eigenvalue weighted by atomic mass is 10.1. The Balaban J connectivity index is 0.000000130. The van der Waals surface area contributed by atoms with Gasteiger partial charge in [-0.1, -0.05) is 72.8 Å². The van der Waals surface area contributed by atoms with Crippen LogP contribution in [0.2, 0.25) is 0 Å². The van der Waals surface area contributed by atoms with Gasteiger partial charge in [-0.05, 0) is 165 Å². The molecule has 524 valence electrons. The fourth-order valence-electron chi connectivity index (χ4n) is 10.8. The average Bonchev–Trinajstić information content (AvgIpc) is 1.97. The number of benzene rings is 8. The molecule has 0 aliphatic rings. The lowest BCUT2D eigenvalue weighted by molar-refractivity contribution is 0.0523. The smallest absolute Gasteiger partial charge is 0.341 e. The van der Waals surface area contributed by atoms with Crippen LogP contribution in [0.3, 0.4) is 0 Å². The first kappa shape index (κ1) is 70.6. The maximum atomic E-state index is 14.5. The van der Waals surface area contributed by atoms with E-state index in [1.807, 2.05) is 7.05 Å². The number of H-pyrrole nitrogens is 6. The van der Waals surface area contributed by atoms with E-state index >= 15 is 0 Å². The minimum atomic E-state index is -0.509. The molecular formula is C75H61F7N18O4. The van der Waals surface area contributed by atoms with E-state index in [4.69, 9.17) is 14.6 Å². The lowest BCUT2D eigenvalue weighted by Crippen LogP contribution is -2.07. The largest absolute Gasteiger partial charge is 0.495 e. The van der Waals surface area contributed by atoms with Crippen molar-refractivity contribution in [3.8, 4) is 39.9 Å². The van der Waals surface area contributed by atoms with Crippen LogP contribution in [-0.2, 0) is 24.9 Å². The van der Waals surface area contributed by atoms with E-state index in [9.17, 15) is 35.5 Å². The molecule has 0 radical (unpaired) electrons. The summed E-state index contributed by atoms with van der Waals surface area (Å²) in [6.45, 7) is 4.06. The maximum absolute atomic E-state index is 14.5. The van der Waals surface area contributed by atoms with Gasteiger partial charge in [-0.25, -0.2) is 50.5 Å². The number of nitrogens with one attached hydrogen (secondary N) is 7. The van der Waals surface area contributed by atoms with Crippen LogP contribution in [0.1, 0.15) is 79.8 Å². The first-order valence-corrected chi connectivity index (χ1v) is 31.9. The Morgan fingerprint density at radius 3 is 1.38 bits per heavy atom. The highest BCUT2D eigenvalue weighted by atomic mass is 19.2. The molecule has 22 nitrogen and oxygen atoms in total. The van der Waals surface area contributed by atoms with Crippen LogP contribution >= 0.6 is 0 Å². The highest BCUT2D eigenvalue weighted by Gasteiger charge is 2.22. The number of aromatic nitrogens is 17. The number of hydrogen-bond donors (Lipinski definition) is 8. The predicted molar refractivity (Wildman–Crippen MR) is 382 cm³/mol. The van der Waals surface area contributed by atoms with Crippen molar-refractivity contribution < 1.29 is 50.1 Å². The summed E-state index contributed by atoms with van der Waals surface area (Å²) in [6, 6.07) is 37.2. The number of esters is 1. The normalized spacial score (nSPS) is 11.5. The van der Waals surface area contributed by atoms with E-state index in [0.717, 1.165) is 22.2 Å². The molecule has 15 aromatic rings. The fraction of sp³-hybridized carbons (Fsp3) is 0.107. The van der Waals surface area contributed by atoms with Crippen molar-refractivity contribution in [2.24, 2.45) is 7.05 Å². The van der Waals surface area contributed by atoms with E-state index in [1.165, 1.54) is 73.8 Å². The van der Waals surface area contributed by atoms with E-state index in [0.29, 0.717) is 114 Å². The van der Waals surface area contributed by atoms with Crippen molar-refractivity contribution in [3.63, 3.8) is 0 Å². The molecule has 104 heavy (non-hydrogen) atoms. The molecule has 0 unspecified atom stereocenters. The molecule has 8 aromatic carbocycles. The minimum Gasteiger partial charge on any atom is -0.495 e. The van der Waals surface area contributed by atoms with E-state index in [-0.39, 0.29) is 58.9 Å². The lowest BCUT2D eigenvalue weighted by Gasteiger charge is -2.09. The highest BCUT2D eigenvalue weighted by Crippen LogP contribution is 2.35. The van der Waals surface area contributed by atoms with Crippen molar-refractivity contribution in [3.05, 3.63) is 254 Å². The molecule has 0 amide bonds. The van der Waals surface area contributed by atoms with Crippen LogP contribution in [0, 0.1) is 47.6 Å². The Morgan fingerprint density at radius 1 is 0.510 bits per heavy atom. The number of aliphatic hydroxyl groups is 1. The molecule has 0 aliphatic carbocycles. The van der Waals surface area contributed by atoms with Gasteiger partial charge in [0.15, 0.2) is 40.7 Å². The summed E-state index contributed by atoms with van der Waals surface area (Å²) in [7, 11) is 5.12. The summed E-state index contributed by atoms with van der Waals surface area (Å²) in [4.78, 5) is 24.9. The fourth-order valence-corrected chi connectivity index (χ4v) is 10.8. The molecule has 0 saturated heterocycles. The quantitative estimate of drug-likeness (QED) is 0.0310. The van der Waals surface area contributed by atoms with Crippen molar-refractivity contribution in [2.45, 2.75) is 27.0 Å². The van der Waals surface area contributed by atoms with E-state index in [1.54, 1.807) is 153 Å². The zero-order chi connectivity index (χ0) is 73.0. The molecule has 0 bridgehead atoms. The van der Waals surface area contributed by atoms with Crippen molar-refractivity contribution in [1.29, 1.82) is 0 Å². The van der Waals surface area contributed by atoms with Gasteiger partial charge in [0.25, 0.3) is 0 Å². The van der Waals surface area contributed by atoms with Gasteiger partial charge in [0.05, 0.1) is 53.9 Å². The number of halogens is 7. The molecule has 29 heteroatoms.